The van der Waals surface area contributed by atoms with Gasteiger partial charge in [-0.3, -0.25) is 9.79 Å². The van der Waals surface area contributed by atoms with Crippen LogP contribution in [0.15, 0.2) is 71.7 Å². The molecule has 0 aromatic heterocycles. The van der Waals surface area contributed by atoms with Crippen molar-refractivity contribution >= 4 is 53.9 Å². The summed E-state index contributed by atoms with van der Waals surface area (Å²) < 4.78 is 0. The van der Waals surface area contributed by atoms with E-state index in [0.29, 0.717) is 28.5 Å². The van der Waals surface area contributed by atoms with E-state index >= 15 is 0 Å². The van der Waals surface area contributed by atoms with Gasteiger partial charge in [-0.25, -0.2) is 4.79 Å². The summed E-state index contributed by atoms with van der Waals surface area (Å²) >= 11 is 6.32. The maximum Gasteiger partial charge on any atom is 0.319 e. The fourth-order valence-corrected chi connectivity index (χ4v) is 4.12. The van der Waals surface area contributed by atoms with Crippen LogP contribution in [0.2, 0.25) is 5.02 Å². The van der Waals surface area contributed by atoms with E-state index in [1.165, 1.54) is 0 Å². The predicted octanol–water partition coefficient (Wildman–Crippen LogP) is 3.92. The molecule has 0 radical (unpaired) electrons. The van der Waals surface area contributed by atoms with Crippen molar-refractivity contribution in [3.05, 3.63) is 88.4 Å². The topological polar surface area (TPSA) is 82.6 Å². The molecule has 0 saturated carbocycles. The minimum Gasteiger partial charge on any atom is -0.333 e. The summed E-state index contributed by atoms with van der Waals surface area (Å²) in [6, 6.07) is 19.9. The van der Waals surface area contributed by atoms with Crippen molar-refractivity contribution in [3.63, 3.8) is 0 Å². The Hall–Kier alpha value is -3.58. The smallest absolute Gasteiger partial charge is 0.319 e. The number of nitrogens with zero attached hydrogens (tertiary/aromatic N) is 1. The van der Waals surface area contributed by atoms with Crippen LogP contribution in [0.4, 0.5) is 16.2 Å². The van der Waals surface area contributed by atoms with Gasteiger partial charge in [-0.05, 0) is 51.1 Å². The second kappa shape index (κ2) is 9.96. The van der Waals surface area contributed by atoms with E-state index in [9.17, 15) is 9.59 Å². The molecule has 6 nitrogen and oxygen atoms in total. The van der Waals surface area contributed by atoms with Crippen molar-refractivity contribution in [2.75, 3.05) is 10.6 Å². The number of halogens is 1. The monoisotopic (exact) mass is 486 g/mol. The summed E-state index contributed by atoms with van der Waals surface area (Å²) in [7, 11) is 2.03. The summed E-state index contributed by atoms with van der Waals surface area (Å²) in [5.74, 6) is -0.163. The van der Waals surface area contributed by atoms with Crippen molar-refractivity contribution in [3.8, 4) is 0 Å². The van der Waals surface area contributed by atoms with Crippen LogP contribution >= 0.6 is 11.6 Å². The van der Waals surface area contributed by atoms with E-state index in [-0.39, 0.29) is 17.5 Å². The van der Waals surface area contributed by atoms with Gasteiger partial charge in [0.15, 0.2) is 0 Å². The van der Waals surface area contributed by atoms with Crippen molar-refractivity contribution in [1.29, 1.82) is 0 Å². The van der Waals surface area contributed by atoms with Crippen molar-refractivity contribution in [2.24, 2.45) is 4.99 Å². The summed E-state index contributed by atoms with van der Waals surface area (Å²) in [5.41, 5.74) is 5.41. The Labute approximate surface area is 211 Å². The highest BCUT2D eigenvalue weighted by Gasteiger charge is 2.26. The third-order valence-electron chi connectivity index (χ3n) is 5.66. The average molecular weight is 487 g/mol. The van der Waals surface area contributed by atoms with Crippen LogP contribution in [0.5, 0.6) is 0 Å². The lowest BCUT2D eigenvalue weighted by atomic mass is 9.87. The SMILES string of the molecule is Bc1ccccc1CC1N=C(c2ccc(NC(=O)NC(C)(C)C)cc2)c2cc(Cl)ccc2NC1=O. The van der Waals surface area contributed by atoms with Crippen LogP contribution in [0.3, 0.4) is 0 Å². The minimum absolute atomic E-state index is 0.163. The van der Waals surface area contributed by atoms with Crippen LogP contribution in [0, 0.1) is 0 Å². The van der Waals surface area contributed by atoms with E-state index in [2.05, 4.69) is 16.0 Å². The number of hydrogen-bond acceptors (Lipinski definition) is 3. The number of anilines is 2. The van der Waals surface area contributed by atoms with Gasteiger partial charge in [0.2, 0.25) is 5.91 Å². The Balaban J connectivity index is 1.69. The molecular weight excluding hydrogens is 459 g/mol. The first kappa shape index (κ1) is 24.5. The summed E-state index contributed by atoms with van der Waals surface area (Å²) in [4.78, 5) is 30.3. The number of hydrogen-bond donors (Lipinski definition) is 3. The molecule has 1 unspecified atom stereocenters. The largest absolute Gasteiger partial charge is 0.333 e. The van der Waals surface area contributed by atoms with Gasteiger partial charge in [-0.15, -0.1) is 0 Å². The van der Waals surface area contributed by atoms with Crippen LogP contribution in [0.25, 0.3) is 0 Å². The molecule has 3 N–H and O–H groups in total. The fourth-order valence-electron chi connectivity index (χ4n) is 3.95. The van der Waals surface area contributed by atoms with Gasteiger partial charge >= 0.3 is 6.03 Å². The molecule has 0 aliphatic carbocycles. The molecule has 0 bridgehead atoms. The fraction of sp³-hybridized carbons (Fsp3) is 0.222. The number of benzodiazepines with no additional fused rings is 1. The lowest BCUT2D eigenvalue weighted by molar-refractivity contribution is -0.117. The Kier molecular flexibility index (Phi) is 6.99. The van der Waals surface area contributed by atoms with Crippen molar-refractivity contribution < 1.29 is 9.59 Å². The Morgan fingerprint density at radius 2 is 1.80 bits per heavy atom. The number of rotatable bonds is 4. The van der Waals surface area contributed by atoms with Gasteiger partial charge < -0.3 is 16.0 Å². The lowest BCUT2D eigenvalue weighted by Gasteiger charge is -2.20. The molecule has 3 aromatic rings. The van der Waals surface area contributed by atoms with E-state index in [4.69, 9.17) is 16.6 Å². The molecule has 1 aliphatic rings. The van der Waals surface area contributed by atoms with E-state index < -0.39 is 6.04 Å². The van der Waals surface area contributed by atoms with Crippen LogP contribution in [-0.4, -0.2) is 37.1 Å². The zero-order valence-electron chi connectivity index (χ0n) is 20.3. The van der Waals surface area contributed by atoms with Crippen molar-refractivity contribution in [1.82, 2.24) is 5.32 Å². The molecule has 1 aliphatic heterocycles. The molecule has 1 heterocycles. The van der Waals surface area contributed by atoms with E-state index in [1.807, 2.05) is 83.2 Å². The molecule has 178 valence electrons. The standard InChI is InChI=1S/C27H28BClN4O2/c1-27(2,3)33-26(35)30-19-11-8-16(9-12-19)24-20-15-18(29)10-13-22(20)32-25(34)23(31-24)14-17-6-4-5-7-21(17)28/h4-13,15,23H,14,28H2,1-3H3,(H,32,34)(H2,30,33,35). The van der Waals surface area contributed by atoms with Crippen LogP contribution in [0.1, 0.15) is 37.5 Å². The third-order valence-corrected chi connectivity index (χ3v) is 5.90. The van der Waals surface area contributed by atoms with Gasteiger partial charge in [-0.2, -0.15) is 0 Å². The number of fused-ring (bicyclic) bond motifs is 1. The van der Waals surface area contributed by atoms with Gasteiger partial charge in [0.25, 0.3) is 0 Å². The van der Waals surface area contributed by atoms with E-state index in [1.54, 1.807) is 12.1 Å². The molecule has 4 rings (SSSR count). The zero-order valence-corrected chi connectivity index (χ0v) is 21.0. The second-order valence-corrected chi connectivity index (χ2v) is 10.1. The normalized spacial score (nSPS) is 15.4. The highest BCUT2D eigenvalue weighted by Crippen LogP contribution is 2.28. The highest BCUT2D eigenvalue weighted by atomic mass is 35.5. The molecule has 0 spiro atoms. The summed E-state index contributed by atoms with van der Waals surface area (Å²) in [6.45, 7) is 5.77. The molecule has 35 heavy (non-hydrogen) atoms. The molecular formula is C27H28BClN4O2. The van der Waals surface area contributed by atoms with Gasteiger partial charge in [0.05, 0.1) is 11.4 Å². The number of carbonyl (C=O) groups is 2. The first-order valence-corrected chi connectivity index (χ1v) is 11.9. The number of benzene rings is 3. The average Bonchev–Trinajstić information content (AvgIpc) is 2.91. The van der Waals surface area contributed by atoms with Gasteiger partial charge in [0.1, 0.15) is 13.9 Å². The third kappa shape index (κ3) is 6.11. The zero-order chi connectivity index (χ0) is 25.2. The molecule has 0 saturated heterocycles. The number of amides is 3. The predicted molar refractivity (Wildman–Crippen MR) is 146 cm³/mol. The maximum atomic E-state index is 13.1. The number of aliphatic imine (C=N–C) groups is 1. The van der Waals surface area contributed by atoms with Gasteiger partial charge in [0, 0.05) is 33.8 Å². The van der Waals surface area contributed by atoms with Crippen molar-refractivity contribution in [2.45, 2.75) is 38.8 Å². The summed E-state index contributed by atoms with van der Waals surface area (Å²) in [6.07, 6.45) is 0.482. The number of urea groups is 1. The second-order valence-electron chi connectivity index (χ2n) is 9.71. The highest BCUT2D eigenvalue weighted by molar-refractivity contribution is 6.33. The molecule has 3 amide bonds. The first-order valence-electron chi connectivity index (χ1n) is 11.5. The summed E-state index contributed by atoms with van der Waals surface area (Å²) in [5, 5.41) is 9.30. The number of carbonyl (C=O) groups excluding carboxylic acids is 2. The lowest BCUT2D eigenvalue weighted by Crippen LogP contribution is -2.43. The maximum absolute atomic E-state index is 13.1. The molecule has 3 aromatic carbocycles. The van der Waals surface area contributed by atoms with Gasteiger partial charge in [-0.1, -0.05) is 59.0 Å². The molecule has 1 atom stereocenters. The minimum atomic E-state index is -0.604. The van der Waals surface area contributed by atoms with Crippen LogP contribution in [-0.2, 0) is 11.2 Å². The molecule has 8 heteroatoms. The van der Waals surface area contributed by atoms with Crippen LogP contribution < -0.4 is 21.4 Å². The quantitative estimate of drug-likeness (QED) is 0.489. The molecule has 0 fully saturated rings. The Bertz CT molecular complexity index is 1300. The number of nitrogens with one attached hydrogen (secondary N) is 3. The Morgan fingerprint density at radius 3 is 2.49 bits per heavy atom. The Morgan fingerprint density at radius 1 is 1.09 bits per heavy atom. The van der Waals surface area contributed by atoms with E-state index in [0.717, 1.165) is 22.2 Å². The first-order chi connectivity index (χ1) is 16.6.